The SMILES string of the molecule is C/C=C\c1c(C)oc2c1C(=O)c1ccc(N3CCN(C)CC3)cc1C2(C)C. The number of furan rings is 1. The molecule has 2 aromatic rings. The van der Waals surface area contributed by atoms with E-state index in [-0.39, 0.29) is 11.2 Å². The fourth-order valence-electron chi connectivity index (χ4n) is 4.36. The van der Waals surface area contributed by atoms with Gasteiger partial charge in [-0.15, -0.1) is 0 Å². The van der Waals surface area contributed by atoms with E-state index >= 15 is 0 Å². The number of carbonyl (C=O) groups excluding carboxylic acids is 1. The molecule has 0 saturated carbocycles. The molecule has 0 amide bonds. The number of allylic oxidation sites excluding steroid dienone is 1. The summed E-state index contributed by atoms with van der Waals surface area (Å²) < 4.78 is 6.14. The first-order chi connectivity index (χ1) is 12.8. The van der Waals surface area contributed by atoms with Crippen LogP contribution in [-0.2, 0) is 5.41 Å². The maximum Gasteiger partial charge on any atom is 0.197 e. The first-order valence-electron chi connectivity index (χ1n) is 9.74. The lowest BCUT2D eigenvalue weighted by atomic mass is 9.71. The van der Waals surface area contributed by atoms with Crippen LogP contribution in [0.3, 0.4) is 0 Å². The third-order valence-corrected chi connectivity index (χ3v) is 6.05. The van der Waals surface area contributed by atoms with E-state index in [2.05, 4.69) is 42.8 Å². The van der Waals surface area contributed by atoms with Gasteiger partial charge >= 0.3 is 0 Å². The standard InChI is InChI=1S/C23H28N2O2/c1-6-7-17-15(2)27-22-20(17)21(26)18-9-8-16(14-19(18)23(22,3)4)25-12-10-24(5)11-13-25/h6-9,14H,10-13H2,1-5H3/b7-6-. The molecule has 0 spiro atoms. The molecule has 1 aromatic heterocycles. The van der Waals surface area contributed by atoms with Gasteiger partial charge in [0.25, 0.3) is 0 Å². The highest BCUT2D eigenvalue weighted by atomic mass is 16.3. The van der Waals surface area contributed by atoms with Crippen molar-refractivity contribution in [1.82, 2.24) is 4.90 Å². The minimum Gasteiger partial charge on any atom is -0.464 e. The van der Waals surface area contributed by atoms with Crippen molar-refractivity contribution in [2.24, 2.45) is 0 Å². The van der Waals surface area contributed by atoms with Gasteiger partial charge in [-0.2, -0.15) is 0 Å². The molecule has 4 nitrogen and oxygen atoms in total. The van der Waals surface area contributed by atoms with Crippen molar-refractivity contribution in [2.75, 3.05) is 38.1 Å². The van der Waals surface area contributed by atoms with Crippen molar-refractivity contribution < 1.29 is 9.21 Å². The lowest BCUT2D eigenvalue weighted by Crippen LogP contribution is -2.44. The predicted molar refractivity (Wildman–Crippen MR) is 110 cm³/mol. The van der Waals surface area contributed by atoms with E-state index in [1.807, 2.05) is 32.1 Å². The number of carbonyl (C=O) groups is 1. The molecule has 1 fully saturated rings. The van der Waals surface area contributed by atoms with Crippen LogP contribution in [0.4, 0.5) is 5.69 Å². The van der Waals surface area contributed by atoms with E-state index in [1.165, 1.54) is 5.69 Å². The van der Waals surface area contributed by atoms with Crippen LogP contribution in [0.25, 0.3) is 6.08 Å². The summed E-state index contributed by atoms with van der Waals surface area (Å²) in [5.41, 5.74) is 4.37. The number of fused-ring (bicyclic) bond motifs is 2. The summed E-state index contributed by atoms with van der Waals surface area (Å²) in [6.07, 6.45) is 3.94. The predicted octanol–water partition coefficient (Wildman–Crippen LogP) is 4.24. The summed E-state index contributed by atoms with van der Waals surface area (Å²) in [6, 6.07) is 6.32. The van der Waals surface area contributed by atoms with Gasteiger partial charge in [0.05, 0.1) is 5.56 Å². The van der Waals surface area contributed by atoms with E-state index in [1.54, 1.807) is 0 Å². The summed E-state index contributed by atoms with van der Waals surface area (Å²) in [7, 11) is 2.16. The van der Waals surface area contributed by atoms with Crippen molar-refractivity contribution in [1.29, 1.82) is 0 Å². The molecule has 1 saturated heterocycles. The first-order valence-corrected chi connectivity index (χ1v) is 9.74. The average molecular weight is 364 g/mol. The zero-order valence-electron chi connectivity index (χ0n) is 16.9. The molecule has 4 heteroatoms. The Labute approximate surface area is 161 Å². The van der Waals surface area contributed by atoms with Gasteiger partial charge in [0.2, 0.25) is 0 Å². The molecule has 27 heavy (non-hydrogen) atoms. The highest BCUT2D eigenvalue weighted by Crippen LogP contribution is 2.45. The molecule has 142 valence electrons. The monoisotopic (exact) mass is 364 g/mol. The fraction of sp³-hybridized carbons (Fsp3) is 0.435. The Bertz CT molecular complexity index is 928. The number of nitrogens with zero attached hydrogens (tertiary/aromatic N) is 2. The Balaban J connectivity index is 1.82. The van der Waals surface area contributed by atoms with Crippen molar-refractivity contribution >= 4 is 17.5 Å². The zero-order valence-corrected chi connectivity index (χ0v) is 16.9. The topological polar surface area (TPSA) is 36.7 Å². The molecule has 2 heterocycles. The van der Waals surface area contributed by atoms with E-state index in [4.69, 9.17) is 4.42 Å². The van der Waals surface area contributed by atoms with Gasteiger partial charge in [0, 0.05) is 48.4 Å². The second kappa shape index (κ2) is 6.38. The number of aryl methyl sites for hydroxylation is 1. The maximum atomic E-state index is 13.3. The molecular formula is C23H28N2O2. The summed E-state index contributed by atoms with van der Waals surface area (Å²) in [6.45, 7) is 12.4. The third-order valence-electron chi connectivity index (χ3n) is 6.05. The summed E-state index contributed by atoms with van der Waals surface area (Å²) in [4.78, 5) is 18.1. The van der Waals surface area contributed by atoms with E-state index in [0.717, 1.165) is 60.0 Å². The van der Waals surface area contributed by atoms with Crippen LogP contribution in [0.15, 0.2) is 28.7 Å². The summed E-state index contributed by atoms with van der Waals surface area (Å²) in [5.74, 6) is 1.68. The molecular weight excluding hydrogens is 336 g/mol. The molecule has 1 aliphatic heterocycles. The maximum absolute atomic E-state index is 13.3. The van der Waals surface area contributed by atoms with Crippen LogP contribution >= 0.6 is 0 Å². The van der Waals surface area contributed by atoms with Gasteiger partial charge in [-0.25, -0.2) is 0 Å². The second-order valence-electron chi connectivity index (χ2n) is 8.25. The number of hydrogen-bond acceptors (Lipinski definition) is 4. The van der Waals surface area contributed by atoms with Gasteiger partial charge in [-0.05, 0) is 58.5 Å². The molecule has 4 rings (SSSR count). The largest absolute Gasteiger partial charge is 0.464 e. The van der Waals surface area contributed by atoms with Crippen molar-refractivity contribution in [2.45, 2.75) is 33.1 Å². The van der Waals surface area contributed by atoms with Gasteiger partial charge < -0.3 is 14.2 Å². The second-order valence-corrected chi connectivity index (χ2v) is 8.25. The molecule has 0 unspecified atom stereocenters. The Hall–Kier alpha value is -2.33. The van der Waals surface area contributed by atoms with Crippen LogP contribution < -0.4 is 4.90 Å². The molecule has 1 aliphatic carbocycles. The number of benzene rings is 1. The Morgan fingerprint density at radius 3 is 2.52 bits per heavy atom. The number of rotatable bonds is 2. The van der Waals surface area contributed by atoms with Crippen LogP contribution in [0, 0.1) is 6.92 Å². The quantitative estimate of drug-likeness (QED) is 0.798. The van der Waals surface area contributed by atoms with Gasteiger partial charge in [0.15, 0.2) is 5.78 Å². The van der Waals surface area contributed by atoms with Crippen LogP contribution in [-0.4, -0.2) is 43.9 Å². The average Bonchev–Trinajstić information content (AvgIpc) is 2.98. The van der Waals surface area contributed by atoms with Gasteiger partial charge in [0.1, 0.15) is 11.5 Å². The van der Waals surface area contributed by atoms with Gasteiger partial charge in [-0.3, -0.25) is 4.79 Å². The smallest absolute Gasteiger partial charge is 0.197 e. The van der Waals surface area contributed by atoms with Crippen molar-refractivity contribution in [3.05, 3.63) is 58.0 Å². The molecule has 2 aliphatic rings. The van der Waals surface area contributed by atoms with E-state index in [9.17, 15) is 4.79 Å². The van der Waals surface area contributed by atoms with Crippen LogP contribution in [0.5, 0.6) is 0 Å². The molecule has 0 radical (unpaired) electrons. The zero-order chi connectivity index (χ0) is 19.3. The lowest BCUT2D eigenvalue weighted by Gasteiger charge is -2.36. The Morgan fingerprint density at radius 2 is 1.85 bits per heavy atom. The Kier molecular flexibility index (Phi) is 4.26. The molecule has 0 N–H and O–H groups in total. The number of anilines is 1. The number of likely N-dealkylation sites (N-methyl/N-ethyl adjacent to an activating group) is 1. The van der Waals surface area contributed by atoms with E-state index in [0.29, 0.717) is 0 Å². The molecule has 1 aromatic carbocycles. The van der Waals surface area contributed by atoms with Crippen molar-refractivity contribution in [3.63, 3.8) is 0 Å². The Morgan fingerprint density at radius 1 is 1.15 bits per heavy atom. The molecule has 0 bridgehead atoms. The van der Waals surface area contributed by atoms with Crippen LogP contribution in [0.1, 0.15) is 59.3 Å². The highest BCUT2D eigenvalue weighted by Gasteiger charge is 2.42. The first kappa shape index (κ1) is 18.1. The van der Waals surface area contributed by atoms with E-state index < -0.39 is 0 Å². The minimum absolute atomic E-state index is 0.0780. The minimum atomic E-state index is -0.342. The summed E-state index contributed by atoms with van der Waals surface area (Å²) >= 11 is 0. The normalized spacial score (nSPS) is 19.4. The highest BCUT2D eigenvalue weighted by molar-refractivity contribution is 6.15. The molecule has 0 atom stereocenters. The third kappa shape index (κ3) is 2.74. The van der Waals surface area contributed by atoms with Crippen molar-refractivity contribution in [3.8, 4) is 0 Å². The lowest BCUT2D eigenvalue weighted by molar-refractivity contribution is 0.102. The van der Waals surface area contributed by atoms with Gasteiger partial charge in [-0.1, -0.05) is 12.2 Å². The van der Waals surface area contributed by atoms with Crippen LogP contribution in [0.2, 0.25) is 0 Å². The summed E-state index contributed by atoms with van der Waals surface area (Å²) in [5, 5.41) is 0. The number of hydrogen-bond donors (Lipinski definition) is 0. The fourth-order valence-corrected chi connectivity index (χ4v) is 4.36. The number of ketones is 1. The number of piperazine rings is 1.